The first kappa shape index (κ1) is 23.3. The number of aromatic nitrogens is 4. The Morgan fingerprint density at radius 1 is 1.11 bits per heavy atom. The van der Waals surface area contributed by atoms with Crippen LogP contribution in [0.25, 0.3) is 22.0 Å². The maximum atomic E-state index is 14.5. The molecule has 5 rings (SSSR count). The number of aryl methyl sites for hydroxylation is 1. The molecule has 1 fully saturated rings. The average Bonchev–Trinajstić information content (AvgIpc) is 3.31. The Kier molecular flexibility index (Phi) is 6.40. The van der Waals surface area contributed by atoms with E-state index in [4.69, 9.17) is 15.6 Å². The van der Waals surface area contributed by atoms with Crippen molar-refractivity contribution in [2.45, 2.75) is 23.8 Å². The molecule has 0 aliphatic carbocycles. The first-order valence-corrected chi connectivity index (χ1v) is 12.1. The summed E-state index contributed by atoms with van der Waals surface area (Å²) in [7, 11) is 3.55. The predicted molar refractivity (Wildman–Crippen MR) is 135 cm³/mol. The highest BCUT2D eigenvalue weighted by molar-refractivity contribution is 8.13. The van der Waals surface area contributed by atoms with Crippen molar-refractivity contribution in [1.29, 1.82) is 10.8 Å². The highest BCUT2D eigenvalue weighted by atomic mass is 32.2. The van der Waals surface area contributed by atoms with Crippen molar-refractivity contribution < 1.29 is 9.13 Å². The van der Waals surface area contributed by atoms with E-state index in [1.807, 2.05) is 24.4 Å². The lowest BCUT2D eigenvalue weighted by atomic mass is 10.1. The zero-order valence-corrected chi connectivity index (χ0v) is 20.3. The van der Waals surface area contributed by atoms with Gasteiger partial charge in [0.2, 0.25) is 0 Å². The summed E-state index contributed by atoms with van der Waals surface area (Å²) in [5, 5.41) is 21.9. The Labute approximate surface area is 206 Å². The van der Waals surface area contributed by atoms with Crippen molar-refractivity contribution in [3.63, 3.8) is 0 Å². The number of rotatable bonds is 4. The zero-order chi connectivity index (χ0) is 24.5. The maximum Gasteiger partial charge on any atom is 0.171 e. The number of pyridine rings is 2. The molecule has 4 heterocycles. The van der Waals surface area contributed by atoms with Gasteiger partial charge in [-0.2, -0.15) is 5.10 Å². The Morgan fingerprint density at radius 2 is 1.91 bits per heavy atom. The number of piperidine rings is 1. The smallest absolute Gasteiger partial charge is 0.171 e. The van der Waals surface area contributed by atoms with Crippen molar-refractivity contribution in [1.82, 2.24) is 19.3 Å². The molecule has 1 aliphatic heterocycles. The molecule has 1 aliphatic rings. The maximum absolute atomic E-state index is 14.5. The molecule has 0 unspecified atom stereocenters. The van der Waals surface area contributed by atoms with E-state index in [1.165, 1.54) is 22.4 Å². The number of methoxy groups -OCH3 is 1. The van der Waals surface area contributed by atoms with Gasteiger partial charge in [-0.3, -0.25) is 25.1 Å². The number of anilines is 1. The molecule has 0 radical (unpaired) electrons. The molecule has 0 bridgehead atoms. The molecule has 4 aromatic rings. The molecule has 0 saturated carbocycles. The number of thioether (sulfide) groups is 1. The van der Waals surface area contributed by atoms with Crippen LogP contribution in [0.2, 0.25) is 0 Å². The number of hydrogen-bond donors (Lipinski definition) is 2. The molecular formula is C25H26FN7OS. The molecule has 2 N–H and O–H groups in total. The third kappa shape index (κ3) is 4.85. The molecule has 0 spiro atoms. The number of fused-ring (bicyclic) bond motifs is 1. The Morgan fingerprint density at radius 3 is 2.63 bits per heavy atom. The van der Waals surface area contributed by atoms with E-state index in [9.17, 15) is 4.39 Å². The monoisotopic (exact) mass is 491 g/mol. The van der Waals surface area contributed by atoms with Crippen LogP contribution >= 0.6 is 11.8 Å². The van der Waals surface area contributed by atoms with Crippen LogP contribution in [-0.2, 0) is 11.8 Å². The number of hydrogen-bond acceptors (Lipinski definition) is 7. The fraction of sp³-hybridized carbons (Fsp3) is 0.280. The number of benzene rings is 1. The summed E-state index contributed by atoms with van der Waals surface area (Å²) in [6.07, 6.45) is 9.19. The van der Waals surface area contributed by atoms with Crippen LogP contribution in [-0.4, -0.2) is 50.8 Å². The van der Waals surface area contributed by atoms with E-state index in [-0.39, 0.29) is 10.7 Å². The van der Waals surface area contributed by atoms with Crippen molar-refractivity contribution in [2.75, 3.05) is 25.1 Å². The van der Waals surface area contributed by atoms with Crippen molar-refractivity contribution in [3.05, 3.63) is 66.4 Å². The van der Waals surface area contributed by atoms with Crippen LogP contribution in [0.4, 0.5) is 10.1 Å². The Bertz CT molecular complexity index is 1460. The standard InChI is InChI=1S/C25H26FN7OS/c1-31-14-18(12-30-31)17-11-22(26)24(27)33(15-17)25(28)35-21-3-4-23-16(10-21)9-19(13-29-23)32-7-5-20(34-2)6-8-32/h3-4,9-15,20,27-28H,5-8H2,1-2H3. The van der Waals surface area contributed by atoms with Gasteiger partial charge in [0.15, 0.2) is 16.5 Å². The van der Waals surface area contributed by atoms with Crippen LogP contribution in [0, 0.1) is 16.6 Å². The van der Waals surface area contributed by atoms with E-state index < -0.39 is 5.82 Å². The second kappa shape index (κ2) is 9.63. The van der Waals surface area contributed by atoms with E-state index in [1.54, 1.807) is 37.4 Å². The van der Waals surface area contributed by atoms with Gasteiger partial charge in [-0.25, -0.2) is 4.39 Å². The van der Waals surface area contributed by atoms with Gasteiger partial charge in [-0.1, -0.05) is 11.8 Å². The largest absolute Gasteiger partial charge is 0.381 e. The van der Waals surface area contributed by atoms with Crippen molar-refractivity contribution in [2.24, 2.45) is 7.05 Å². The summed E-state index contributed by atoms with van der Waals surface area (Å²) in [5.41, 5.74) is 2.85. The fourth-order valence-electron chi connectivity index (χ4n) is 4.29. The molecule has 0 amide bonds. The number of halogens is 1. The minimum Gasteiger partial charge on any atom is -0.381 e. The topological polar surface area (TPSA) is 95.8 Å². The lowest BCUT2D eigenvalue weighted by molar-refractivity contribution is 0.0819. The Balaban J connectivity index is 1.40. The predicted octanol–water partition coefficient (Wildman–Crippen LogP) is 4.25. The van der Waals surface area contributed by atoms with Crippen molar-refractivity contribution in [3.8, 4) is 11.1 Å². The number of nitrogens with zero attached hydrogens (tertiary/aromatic N) is 5. The SMILES string of the molecule is COC1CCN(c2cnc3ccc(SC(=N)n4cc(-c5cnn(C)c5)cc(F)c4=N)cc3c2)CC1. The fourth-order valence-corrected chi connectivity index (χ4v) is 5.08. The molecule has 1 aromatic carbocycles. The first-order chi connectivity index (χ1) is 16.9. The van der Waals surface area contributed by atoms with Gasteiger partial charge >= 0.3 is 0 Å². The Hall–Kier alpha value is -3.50. The van der Waals surface area contributed by atoms with Crippen molar-refractivity contribution >= 4 is 33.5 Å². The molecule has 0 atom stereocenters. The van der Waals surface area contributed by atoms with Crippen LogP contribution in [0.1, 0.15) is 12.8 Å². The second-order valence-corrected chi connectivity index (χ2v) is 9.64. The highest BCUT2D eigenvalue weighted by Crippen LogP contribution is 2.28. The van der Waals surface area contributed by atoms with E-state index in [2.05, 4.69) is 21.0 Å². The number of nitrogens with one attached hydrogen (secondary N) is 2. The van der Waals surface area contributed by atoms with Crippen LogP contribution in [0.15, 0.2) is 60.0 Å². The van der Waals surface area contributed by atoms with Crippen LogP contribution in [0.3, 0.4) is 0 Å². The molecular weight excluding hydrogens is 465 g/mol. The molecule has 3 aromatic heterocycles. The van der Waals surface area contributed by atoms with Gasteiger partial charge in [-0.05, 0) is 43.2 Å². The summed E-state index contributed by atoms with van der Waals surface area (Å²) >= 11 is 1.17. The molecule has 180 valence electrons. The van der Waals surface area contributed by atoms with E-state index >= 15 is 0 Å². The van der Waals surface area contributed by atoms with Gasteiger partial charge in [-0.15, -0.1) is 0 Å². The third-order valence-corrected chi connectivity index (χ3v) is 7.15. The van der Waals surface area contributed by atoms with E-state index in [0.717, 1.165) is 53.0 Å². The van der Waals surface area contributed by atoms with Crippen LogP contribution in [0.5, 0.6) is 0 Å². The third-order valence-electron chi connectivity index (χ3n) is 6.27. The summed E-state index contributed by atoms with van der Waals surface area (Å²) in [4.78, 5) is 7.75. The molecule has 10 heteroatoms. The molecule has 35 heavy (non-hydrogen) atoms. The number of ether oxygens (including phenoxy) is 1. The zero-order valence-electron chi connectivity index (χ0n) is 19.5. The summed E-state index contributed by atoms with van der Waals surface area (Å²) in [5.74, 6) is -0.693. The van der Waals surface area contributed by atoms with Gasteiger partial charge in [0.1, 0.15) is 0 Å². The van der Waals surface area contributed by atoms with Gasteiger partial charge < -0.3 is 9.64 Å². The molecule has 1 saturated heterocycles. The van der Waals surface area contributed by atoms with Crippen LogP contribution < -0.4 is 10.4 Å². The lowest BCUT2D eigenvalue weighted by Gasteiger charge is -2.32. The summed E-state index contributed by atoms with van der Waals surface area (Å²) < 4.78 is 22.9. The summed E-state index contributed by atoms with van der Waals surface area (Å²) in [6.45, 7) is 1.85. The normalized spacial score (nSPS) is 14.5. The average molecular weight is 492 g/mol. The lowest BCUT2D eigenvalue weighted by Crippen LogP contribution is -2.36. The minimum absolute atomic E-state index is 0.0322. The van der Waals surface area contributed by atoms with E-state index in [0.29, 0.717) is 11.7 Å². The summed E-state index contributed by atoms with van der Waals surface area (Å²) in [6, 6.07) is 9.22. The van der Waals surface area contributed by atoms with Gasteiger partial charge in [0.25, 0.3) is 0 Å². The van der Waals surface area contributed by atoms with Gasteiger partial charge in [0, 0.05) is 61.0 Å². The second-order valence-electron chi connectivity index (χ2n) is 8.58. The quantitative estimate of drug-likeness (QED) is 0.253. The van der Waals surface area contributed by atoms with Gasteiger partial charge in [0.05, 0.1) is 29.7 Å². The minimum atomic E-state index is -0.693. The molecule has 8 nitrogen and oxygen atoms in total. The highest BCUT2D eigenvalue weighted by Gasteiger charge is 2.19. The first-order valence-electron chi connectivity index (χ1n) is 11.3.